The van der Waals surface area contributed by atoms with Gasteiger partial charge in [0.1, 0.15) is 18.0 Å². The van der Waals surface area contributed by atoms with Gasteiger partial charge in [-0.25, -0.2) is 0 Å². The van der Waals surface area contributed by atoms with Gasteiger partial charge in [-0.1, -0.05) is 6.07 Å². The summed E-state index contributed by atoms with van der Waals surface area (Å²) >= 11 is 0. The summed E-state index contributed by atoms with van der Waals surface area (Å²) in [7, 11) is 0. The predicted octanol–water partition coefficient (Wildman–Crippen LogP) is 0.245. The first-order chi connectivity index (χ1) is 8.51. The summed E-state index contributed by atoms with van der Waals surface area (Å²) in [4.78, 5) is 0. The van der Waals surface area contributed by atoms with Crippen molar-refractivity contribution < 1.29 is 25.2 Å². The van der Waals surface area contributed by atoms with Crippen molar-refractivity contribution in [3.05, 3.63) is 29.3 Å². The Morgan fingerprint density at radius 3 is 2.61 bits per heavy atom. The molecule has 5 heteroatoms. The average Bonchev–Trinajstić information content (AvgIpc) is 2.31. The number of rotatable bonds is 2. The van der Waals surface area contributed by atoms with Gasteiger partial charge in [0.2, 0.25) is 0 Å². The lowest BCUT2D eigenvalue weighted by atomic mass is 9.92. The quantitative estimate of drug-likeness (QED) is 0.607. The van der Waals surface area contributed by atoms with Crippen LogP contribution < -0.4 is 0 Å². The molecule has 0 spiro atoms. The van der Waals surface area contributed by atoms with E-state index in [1.807, 2.05) is 6.92 Å². The smallest absolute Gasteiger partial charge is 0.116 e. The highest BCUT2D eigenvalue weighted by Crippen LogP contribution is 2.33. The van der Waals surface area contributed by atoms with Crippen molar-refractivity contribution in [3.63, 3.8) is 0 Å². The fourth-order valence-electron chi connectivity index (χ4n) is 2.30. The summed E-state index contributed by atoms with van der Waals surface area (Å²) in [5.74, 6) is 0.0846. The second kappa shape index (κ2) is 5.24. The van der Waals surface area contributed by atoms with E-state index < -0.39 is 24.4 Å². The normalized spacial score (nSPS) is 32.4. The van der Waals surface area contributed by atoms with Crippen molar-refractivity contribution in [2.45, 2.75) is 37.8 Å². The van der Waals surface area contributed by atoms with Gasteiger partial charge in [-0.15, -0.1) is 0 Å². The van der Waals surface area contributed by atoms with Crippen LogP contribution in [-0.4, -0.2) is 45.3 Å². The highest BCUT2D eigenvalue weighted by atomic mass is 16.5. The molecule has 1 aromatic rings. The van der Waals surface area contributed by atoms with Crippen LogP contribution in [0.2, 0.25) is 0 Å². The molecule has 100 valence electrons. The van der Waals surface area contributed by atoms with E-state index in [-0.39, 0.29) is 18.8 Å². The first kappa shape index (κ1) is 13.3. The van der Waals surface area contributed by atoms with Crippen LogP contribution in [0.5, 0.6) is 5.75 Å². The molecule has 1 aliphatic heterocycles. The van der Waals surface area contributed by atoms with E-state index in [2.05, 4.69) is 0 Å². The van der Waals surface area contributed by atoms with E-state index >= 15 is 0 Å². The minimum atomic E-state index is -1.06. The zero-order valence-corrected chi connectivity index (χ0v) is 10.2. The number of hydrogen-bond acceptors (Lipinski definition) is 5. The zero-order valence-electron chi connectivity index (χ0n) is 10.2. The molecule has 0 unspecified atom stereocenters. The maximum Gasteiger partial charge on any atom is 0.116 e. The van der Waals surface area contributed by atoms with Crippen molar-refractivity contribution in [2.24, 2.45) is 0 Å². The number of ether oxygens (including phenoxy) is 1. The summed E-state index contributed by atoms with van der Waals surface area (Å²) in [6.07, 6.45) is -3.04. The van der Waals surface area contributed by atoms with E-state index in [9.17, 15) is 15.3 Å². The van der Waals surface area contributed by atoms with E-state index in [0.29, 0.717) is 5.56 Å². The molecule has 18 heavy (non-hydrogen) atoms. The van der Waals surface area contributed by atoms with Crippen LogP contribution in [0.15, 0.2) is 18.2 Å². The van der Waals surface area contributed by atoms with E-state index in [4.69, 9.17) is 9.84 Å². The summed E-state index contributed by atoms with van der Waals surface area (Å²) in [6, 6.07) is 4.87. The fraction of sp³-hybridized carbons (Fsp3) is 0.538. The Hall–Kier alpha value is -1.14. The maximum atomic E-state index is 9.95. The van der Waals surface area contributed by atoms with Crippen LogP contribution in [0.1, 0.15) is 23.7 Å². The summed E-state index contributed by atoms with van der Waals surface area (Å²) in [6.45, 7) is 1.61. The molecule has 1 fully saturated rings. The molecule has 1 heterocycles. The van der Waals surface area contributed by atoms with Crippen molar-refractivity contribution in [2.75, 3.05) is 6.61 Å². The van der Waals surface area contributed by atoms with Gasteiger partial charge in [0.15, 0.2) is 0 Å². The molecule has 4 N–H and O–H groups in total. The van der Waals surface area contributed by atoms with Crippen LogP contribution in [0, 0.1) is 6.92 Å². The van der Waals surface area contributed by atoms with Crippen molar-refractivity contribution in [3.8, 4) is 5.75 Å². The number of phenolic OH excluding ortho intramolecular Hbond substituents is 1. The van der Waals surface area contributed by atoms with Gasteiger partial charge in [-0.3, -0.25) is 0 Å². The lowest BCUT2D eigenvalue weighted by Crippen LogP contribution is -2.44. The second-order valence-corrected chi connectivity index (χ2v) is 4.76. The molecule has 0 aromatic heterocycles. The van der Waals surface area contributed by atoms with Crippen LogP contribution >= 0.6 is 0 Å². The Morgan fingerprint density at radius 2 is 2.00 bits per heavy atom. The van der Waals surface area contributed by atoms with Crippen molar-refractivity contribution in [1.29, 1.82) is 0 Å². The third-order valence-electron chi connectivity index (χ3n) is 3.16. The molecule has 0 aliphatic carbocycles. The molecule has 0 radical (unpaired) electrons. The molecular formula is C13H18O5. The van der Waals surface area contributed by atoms with E-state index in [0.717, 1.165) is 5.56 Å². The third kappa shape index (κ3) is 2.64. The molecule has 5 nitrogen and oxygen atoms in total. The third-order valence-corrected chi connectivity index (χ3v) is 3.16. The maximum absolute atomic E-state index is 9.95. The Bertz CT molecular complexity index is 400. The molecule has 2 rings (SSSR count). The van der Waals surface area contributed by atoms with Crippen LogP contribution in [-0.2, 0) is 4.74 Å². The van der Waals surface area contributed by atoms with Crippen LogP contribution in [0.4, 0.5) is 0 Å². The van der Waals surface area contributed by atoms with Gasteiger partial charge in [0, 0.05) is 6.42 Å². The Labute approximate surface area is 105 Å². The highest BCUT2D eigenvalue weighted by Gasteiger charge is 2.37. The average molecular weight is 254 g/mol. The van der Waals surface area contributed by atoms with Gasteiger partial charge in [-0.05, 0) is 30.2 Å². The number of aryl methyl sites for hydroxylation is 1. The number of aromatic hydroxyl groups is 1. The Balaban J connectivity index is 2.29. The van der Waals surface area contributed by atoms with Gasteiger partial charge in [-0.2, -0.15) is 0 Å². The Kier molecular flexibility index (Phi) is 3.87. The summed E-state index contributed by atoms with van der Waals surface area (Å²) < 4.78 is 5.54. The zero-order chi connectivity index (χ0) is 13.3. The standard InChI is InChI=1S/C13H18O5/c1-7-2-8(4-9(15)3-7)13-12(17)11(16)5-10(6-14)18-13/h2-4,10-17H,5-6H2,1H3/t10-,11-,12-,13+/m0/s1. The highest BCUT2D eigenvalue weighted by molar-refractivity contribution is 5.34. The number of hydrogen-bond donors (Lipinski definition) is 4. The van der Waals surface area contributed by atoms with E-state index in [1.54, 1.807) is 12.1 Å². The lowest BCUT2D eigenvalue weighted by Gasteiger charge is -2.36. The van der Waals surface area contributed by atoms with Gasteiger partial charge >= 0.3 is 0 Å². The first-order valence-corrected chi connectivity index (χ1v) is 5.94. The molecule has 0 amide bonds. The van der Waals surface area contributed by atoms with E-state index in [1.165, 1.54) is 6.07 Å². The second-order valence-electron chi connectivity index (χ2n) is 4.76. The first-order valence-electron chi connectivity index (χ1n) is 5.94. The molecule has 0 saturated carbocycles. The minimum absolute atomic E-state index is 0.0846. The van der Waals surface area contributed by atoms with Gasteiger partial charge in [0.05, 0.1) is 18.8 Å². The fourth-order valence-corrected chi connectivity index (χ4v) is 2.30. The van der Waals surface area contributed by atoms with Crippen molar-refractivity contribution >= 4 is 0 Å². The molecule has 4 atom stereocenters. The molecule has 1 saturated heterocycles. The number of aliphatic hydroxyl groups is 3. The van der Waals surface area contributed by atoms with Crippen molar-refractivity contribution in [1.82, 2.24) is 0 Å². The summed E-state index contributed by atoms with van der Waals surface area (Å²) in [5, 5.41) is 38.3. The molecule has 1 aromatic carbocycles. The number of phenols is 1. The summed E-state index contributed by atoms with van der Waals surface area (Å²) in [5.41, 5.74) is 1.43. The molecule has 0 bridgehead atoms. The molecule has 1 aliphatic rings. The van der Waals surface area contributed by atoms with Gasteiger partial charge in [0.25, 0.3) is 0 Å². The van der Waals surface area contributed by atoms with Crippen LogP contribution in [0.25, 0.3) is 0 Å². The predicted molar refractivity (Wildman–Crippen MR) is 64.2 cm³/mol. The number of aliphatic hydroxyl groups excluding tert-OH is 3. The SMILES string of the molecule is Cc1cc(O)cc([C@H]2O[C@H](CO)C[C@H](O)[C@@H]2O)c1. The lowest BCUT2D eigenvalue weighted by molar-refractivity contribution is -0.179. The monoisotopic (exact) mass is 254 g/mol. The number of benzene rings is 1. The Morgan fingerprint density at radius 1 is 1.28 bits per heavy atom. The largest absolute Gasteiger partial charge is 0.508 e. The van der Waals surface area contributed by atoms with Gasteiger partial charge < -0.3 is 25.2 Å². The minimum Gasteiger partial charge on any atom is -0.508 e. The molecular weight excluding hydrogens is 236 g/mol. The van der Waals surface area contributed by atoms with Crippen LogP contribution in [0.3, 0.4) is 0 Å². The topological polar surface area (TPSA) is 90.2 Å².